The number of allylic oxidation sites excluding steroid dienone is 1. The van der Waals surface area contributed by atoms with Crippen LogP contribution in [0.4, 0.5) is 24.8 Å². The highest BCUT2D eigenvalue weighted by Crippen LogP contribution is 2.37. The molecule has 0 saturated carbocycles. The van der Waals surface area contributed by atoms with Gasteiger partial charge in [-0.25, -0.2) is 18.4 Å². The standard InChI is InChI=1S/C24H25F3N8O4S/c1-28-8-14-3-5-18(29-9-14)35-21(31-19(36)11-40(2,38)39)20-16(33-35)7-23(32-22(20)37)12-34(13-23)17-6-4-15(10-30-17)24(25,26)27/h4-6,8-10,14H,3,7,11-13H2,1-2H3,(H,31,36)(H,32,37). The van der Waals surface area contributed by atoms with E-state index in [9.17, 15) is 31.2 Å². The summed E-state index contributed by atoms with van der Waals surface area (Å²) in [4.78, 5) is 39.9. The molecule has 2 aromatic rings. The van der Waals surface area contributed by atoms with Gasteiger partial charge in [-0.3, -0.25) is 9.59 Å². The number of hydrogen-bond donors (Lipinski definition) is 2. The molecule has 12 nitrogen and oxygen atoms in total. The fraction of sp³-hybridized carbons (Fsp3) is 0.417. The lowest BCUT2D eigenvalue weighted by atomic mass is 9.81. The molecule has 2 amide bonds. The van der Waals surface area contributed by atoms with Crippen molar-refractivity contribution in [3.63, 3.8) is 0 Å². The monoisotopic (exact) mass is 578 g/mol. The minimum absolute atomic E-state index is 0.00240. The zero-order valence-corrected chi connectivity index (χ0v) is 22.3. The second-order valence-corrected chi connectivity index (χ2v) is 12.2. The lowest BCUT2D eigenvalue weighted by Gasteiger charge is -2.52. The topological polar surface area (TPSA) is 151 Å². The molecule has 3 aliphatic rings. The predicted molar refractivity (Wildman–Crippen MR) is 141 cm³/mol. The Balaban J connectivity index is 1.41. The fourth-order valence-corrected chi connectivity index (χ4v) is 5.47. The van der Waals surface area contributed by atoms with Crippen molar-refractivity contribution >= 4 is 51.5 Å². The predicted octanol–water partition coefficient (Wildman–Crippen LogP) is 1.41. The van der Waals surface area contributed by atoms with E-state index in [1.54, 1.807) is 30.5 Å². The van der Waals surface area contributed by atoms with Crippen LogP contribution in [-0.4, -0.2) is 85.1 Å². The van der Waals surface area contributed by atoms with Crippen molar-refractivity contribution in [2.45, 2.75) is 24.6 Å². The summed E-state index contributed by atoms with van der Waals surface area (Å²) in [5.74, 6) is -1.50. The fourth-order valence-electron chi connectivity index (χ4n) is 4.92. The first kappa shape index (κ1) is 27.5. The van der Waals surface area contributed by atoms with Crippen LogP contribution in [0.25, 0.3) is 5.82 Å². The van der Waals surface area contributed by atoms with Gasteiger partial charge in [0, 0.05) is 57.4 Å². The van der Waals surface area contributed by atoms with Crippen molar-refractivity contribution in [1.82, 2.24) is 20.1 Å². The summed E-state index contributed by atoms with van der Waals surface area (Å²) in [7, 11) is -2.00. The molecule has 3 aliphatic heterocycles. The van der Waals surface area contributed by atoms with E-state index < -0.39 is 44.7 Å². The Hall–Kier alpha value is -4.08. The molecule has 5 rings (SSSR count). The van der Waals surface area contributed by atoms with Crippen LogP contribution < -0.4 is 15.5 Å². The Morgan fingerprint density at radius 3 is 2.65 bits per heavy atom. The molecule has 1 fully saturated rings. The first-order chi connectivity index (χ1) is 18.8. The molecule has 0 bridgehead atoms. The van der Waals surface area contributed by atoms with Crippen LogP contribution in [0.2, 0.25) is 0 Å². The number of anilines is 2. The van der Waals surface area contributed by atoms with Gasteiger partial charge in [0.15, 0.2) is 21.5 Å². The van der Waals surface area contributed by atoms with Crippen LogP contribution in [0, 0.1) is 5.92 Å². The van der Waals surface area contributed by atoms with Gasteiger partial charge < -0.3 is 20.5 Å². The van der Waals surface area contributed by atoms with Crippen LogP contribution in [-0.2, 0) is 27.2 Å². The molecule has 2 aromatic heterocycles. The number of amides is 2. The smallest absolute Gasteiger partial charge is 0.352 e. The molecule has 16 heteroatoms. The third-order valence-corrected chi connectivity index (χ3v) is 7.42. The van der Waals surface area contributed by atoms with Crippen molar-refractivity contribution in [1.29, 1.82) is 0 Å². The number of aliphatic imine (C=N–C) groups is 2. The normalized spacial score (nSPS) is 20.2. The number of hydrogen-bond acceptors (Lipinski definition) is 9. The molecular formula is C24H25F3N8O4S. The minimum Gasteiger partial charge on any atom is -0.352 e. The maximum absolute atomic E-state index is 13.3. The molecule has 212 valence electrons. The molecule has 1 atom stereocenters. The molecule has 0 aromatic carbocycles. The molecule has 40 heavy (non-hydrogen) atoms. The maximum atomic E-state index is 13.3. The summed E-state index contributed by atoms with van der Waals surface area (Å²) in [5, 5.41) is 10.0. The van der Waals surface area contributed by atoms with Gasteiger partial charge in [-0.05, 0) is 24.6 Å². The number of rotatable bonds is 6. The van der Waals surface area contributed by atoms with Crippen molar-refractivity contribution in [2.24, 2.45) is 15.9 Å². The van der Waals surface area contributed by atoms with E-state index in [4.69, 9.17) is 0 Å². The highest BCUT2D eigenvalue weighted by Gasteiger charge is 2.50. The number of nitrogens with one attached hydrogen (secondary N) is 2. The number of sulfone groups is 1. The van der Waals surface area contributed by atoms with Crippen LogP contribution in [0.3, 0.4) is 0 Å². The van der Waals surface area contributed by atoms with E-state index in [1.165, 1.54) is 10.7 Å². The molecule has 1 unspecified atom stereocenters. The summed E-state index contributed by atoms with van der Waals surface area (Å²) < 4.78 is 63.3. The highest BCUT2D eigenvalue weighted by atomic mass is 32.2. The number of fused-ring (bicyclic) bond motifs is 1. The van der Waals surface area contributed by atoms with Crippen molar-refractivity contribution in [2.75, 3.05) is 42.4 Å². The lowest BCUT2D eigenvalue weighted by molar-refractivity contribution is -0.137. The second kappa shape index (κ2) is 9.83. The average Bonchev–Trinajstić information content (AvgIpc) is 3.19. The van der Waals surface area contributed by atoms with E-state index in [1.807, 2.05) is 0 Å². The Labute approximate surface area is 227 Å². The van der Waals surface area contributed by atoms with Crippen LogP contribution in [0.15, 0.2) is 34.4 Å². The van der Waals surface area contributed by atoms with E-state index in [2.05, 4.69) is 30.7 Å². The lowest BCUT2D eigenvalue weighted by Crippen LogP contribution is -2.73. The van der Waals surface area contributed by atoms with E-state index in [0.29, 0.717) is 23.8 Å². The number of carbonyl (C=O) groups is 2. The van der Waals surface area contributed by atoms with Crippen molar-refractivity contribution < 1.29 is 31.2 Å². The Kier molecular flexibility index (Phi) is 6.76. The summed E-state index contributed by atoms with van der Waals surface area (Å²) in [6, 6.07) is 2.23. The number of carbonyl (C=O) groups excluding carboxylic acids is 2. The van der Waals surface area contributed by atoms with Crippen molar-refractivity contribution in [3.8, 4) is 0 Å². The number of alkyl halides is 3. The molecular weight excluding hydrogens is 553 g/mol. The third-order valence-electron chi connectivity index (χ3n) is 6.64. The number of halogens is 3. The van der Waals surface area contributed by atoms with Gasteiger partial charge in [0.1, 0.15) is 17.1 Å². The largest absolute Gasteiger partial charge is 0.417 e. The minimum atomic E-state index is -4.50. The van der Waals surface area contributed by atoms with Gasteiger partial charge in [-0.15, -0.1) is 0 Å². The Morgan fingerprint density at radius 2 is 2.08 bits per heavy atom. The quantitative estimate of drug-likeness (QED) is 0.492. The molecule has 5 heterocycles. The number of nitrogens with zero attached hydrogens (tertiary/aromatic N) is 6. The molecule has 1 saturated heterocycles. The second-order valence-electron chi connectivity index (χ2n) is 10.0. The van der Waals surface area contributed by atoms with Gasteiger partial charge in [-0.2, -0.15) is 23.0 Å². The zero-order valence-electron chi connectivity index (χ0n) is 21.4. The van der Waals surface area contributed by atoms with Gasteiger partial charge in [0.2, 0.25) is 5.91 Å². The van der Waals surface area contributed by atoms with Crippen LogP contribution in [0.5, 0.6) is 0 Å². The highest BCUT2D eigenvalue weighted by molar-refractivity contribution is 7.91. The maximum Gasteiger partial charge on any atom is 0.417 e. The van der Waals surface area contributed by atoms with Crippen LogP contribution in [0.1, 0.15) is 28.0 Å². The third kappa shape index (κ3) is 5.48. The summed E-state index contributed by atoms with van der Waals surface area (Å²) in [6.45, 7) is 0.552. The van der Waals surface area contributed by atoms with Gasteiger partial charge >= 0.3 is 6.18 Å². The van der Waals surface area contributed by atoms with Gasteiger partial charge in [0.25, 0.3) is 5.91 Å². The van der Waals surface area contributed by atoms with Crippen LogP contribution >= 0.6 is 0 Å². The van der Waals surface area contributed by atoms with E-state index in [0.717, 1.165) is 18.5 Å². The SMILES string of the molecule is CN=CC1C=NC(n2nc3c(c2NC(=O)CS(C)(=O)=O)C(=O)NC2(C3)CN(c3ccc(C(F)(F)F)cn3)C2)=CC1. The summed E-state index contributed by atoms with van der Waals surface area (Å²) in [6.07, 6.45) is 3.15. The first-order valence-electron chi connectivity index (χ1n) is 12.1. The number of aromatic nitrogens is 3. The average molecular weight is 579 g/mol. The summed E-state index contributed by atoms with van der Waals surface area (Å²) in [5.41, 5.74) is -1.15. The van der Waals surface area contributed by atoms with Crippen molar-refractivity contribution in [3.05, 3.63) is 41.2 Å². The number of pyridine rings is 1. The van der Waals surface area contributed by atoms with Gasteiger partial charge in [-0.1, -0.05) is 0 Å². The van der Waals surface area contributed by atoms with E-state index in [-0.39, 0.29) is 36.8 Å². The zero-order chi connectivity index (χ0) is 28.9. The van der Waals surface area contributed by atoms with Gasteiger partial charge in [0.05, 0.1) is 16.8 Å². The molecule has 1 spiro atoms. The first-order valence-corrected chi connectivity index (χ1v) is 14.2. The van der Waals surface area contributed by atoms with E-state index >= 15 is 0 Å². The molecule has 0 radical (unpaired) electrons. The molecule has 0 aliphatic carbocycles. The Bertz CT molecular complexity index is 1560. The summed E-state index contributed by atoms with van der Waals surface area (Å²) >= 11 is 0. The molecule has 2 N–H and O–H groups in total. The Morgan fingerprint density at radius 1 is 1.32 bits per heavy atom.